The molecular formula is C22H25N2O3S+. The first-order chi connectivity index (χ1) is 13.3. The molecule has 3 rings (SSSR count). The molecule has 0 saturated carbocycles. The second-order valence-electron chi connectivity index (χ2n) is 6.94. The van der Waals surface area contributed by atoms with Gasteiger partial charge in [0.25, 0.3) is 10.1 Å². The summed E-state index contributed by atoms with van der Waals surface area (Å²) in [5.74, 6) is -0.237. The molecule has 1 heterocycles. The Hall–Kier alpha value is -2.70. The summed E-state index contributed by atoms with van der Waals surface area (Å²) in [6.45, 7) is 0.524. The summed E-state index contributed by atoms with van der Waals surface area (Å²) in [6, 6.07) is 18.4. The summed E-state index contributed by atoms with van der Waals surface area (Å²) in [7, 11) is 0.109. The van der Waals surface area contributed by atoms with E-state index in [2.05, 4.69) is 47.4 Å². The van der Waals surface area contributed by atoms with Crippen LogP contribution in [0.3, 0.4) is 0 Å². The third-order valence-electron chi connectivity index (χ3n) is 4.62. The van der Waals surface area contributed by atoms with E-state index in [4.69, 9.17) is 4.55 Å². The molecule has 0 amide bonds. The largest absolute Gasteiger partial charge is 0.378 e. The van der Waals surface area contributed by atoms with Crippen molar-refractivity contribution in [3.63, 3.8) is 0 Å². The fourth-order valence-corrected chi connectivity index (χ4v) is 3.63. The summed E-state index contributed by atoms with van der Waals surface area (Å²) in [6.07, 6.45) is 6.50. The van der Waals surface area contributed by atoms with Gasteiger partial charge in [0.2, 0.25) is 5.52 Å². The first kappa shape index (κ1) is 20.0. The van der Waals surface area contributed by atoms with Crippen molar-refractivity contribution in [2.45, 2.75) is 13.0 Å². The molecule has 0 radical (unpaired) electrons. The second-order valence-corrected chi connectivity index (χ2v) is 8.51. The van der Waals surface area contributed by atoms with Crippen molar-refractivity contribution in [2.75, 3.05) is 24.7 Å². The van der Waals surface area contributed by atoms with Crippen LogP contribution >= 0.6 is 0 Å². The minimum atomic E-state index is -3.93. The minimum Gasteiger partial charge on any atom is -0.378 e. The Kier molecular flexibility index (Phi) is 6.11. The Labute approximate surface area is 166 Å². The van der Waals surface area contributed by atoms with Crippen molar-refractivity contribution >= 4 is 38.9 Å². The molecule has 0 atom stereocenters. The normalized spacial score (nSPS) is 12.0. The van der Waals surface area contributed by atoms with Crippen LogP contribution in [0.2, 0.25) is 0 Å². The third-order valence-corrected chi connectivity index (χ3v) is 5.43. The van der Waals surface area contributed by atoms with Crippen LogP contribution in [0.25, 0.3) is 23.1 Å². The van der Waals surface area contributed by atoms with Crippen molar-refractivity contribution in [1.29, 1.82) is 0 Å². The molecule has 6 heteroatoms. The number of pyridine rings is 1. The number of benzene rings is 2. The molecule has 1 N–H and O–H groups in total. The standard InChI is InChI=1S/C22H24N2O3S/c1-23(2)20-12-9-18(10-13-20)8-11-19-14-16-24(15-5-17-28(25,26)27)22-7-4-3-6-21(19)22/h3-4,6-14,16H,5,15,17H2,1-2H3/p+1. The molecule has 0 aliphatic heterocycles. The highest BCUT2D eigenvalue weighted by Crippen LogP contribution is 2.19. The molecule has 0 saturated heterocycles. The predicted octanol–water partition coefficient (Wildman–Crippen LogP) is 3.64. The van der Waals surface area contributed by atoms with Crippen LogP contribution in [0.1, 0.15) is 17.5 Å². The van der Waals surface area contributed by atoms with Gasteiger partial charge in [0, 0.05) is 38.3 Å². The maximum atomic E-state index is 11.0. The van der Waals surface area contributed by atoms with Crippen molar-refractivity contribution in [3.05, 3.63) is 71.9 Å². The third kappa shape index (κ3) is 5.18. The van der Waals surface area contributed by atoms with Gasteiger partial charge in [-0.15, -0.1) is 0 Å². The van der Waals surface area contributed by atoms with Crippen LogP contribution in [0.5, 0.6) is 0 Å². The van der Waals surface area contributed by atoms with E-state index in [0.717, 1.165) is 27.7 Å². The Balaban J connectivity index is 1.85. The van der Waals surface area contributed by atoms with Gasteiger partial charge in [-0.25, -0.2) is 0 Å². The van der Waals surface area contributed by atoms with Gasteiger partial charge in [0.1, 0.15) is 6.54 Å². The van der Waals surface area contributed by atoms with Crippen molar-refractivity contribution in [1.82, 2.24) is 0 Å². The van der Waals surface area contributed by atoms with Crippen LogP contribution in [0.4, 0.5) is 5.69 Å². The number of rotatable bonds is 7. The number of aromatic nitrogens is 1. The van der Waals surface area contributed by atoms with Gasteiger partial charge < -0.3 is 4.90 Å². The Morgan fingerprint density at radius 3 is 2.39 bits per heavy atom. The van der Waals surface area contributed by atoms with E-state index in [0.29, 0.717) is 13.0 Å². The van der Waals surface area contributed by atoms with E-state index in [1.807, 2.05) is 49.1 Å². The first-order valence-corrected chi connectivity index (χ1v) is 10.8. The quantitative estimate of drug-likeness (QED) is 0.488. The van der Waals surface area contributed by atoms with Crippen LogP contribution in [-0.2, 0) is 16.7 Å². The van der Waals surface area contributed by atoms with Gasteiger partial charge in [-0.2, -0.15) is 13.0 Å². The molecule has 0 aliphatic carbocycles. The highest BCUT2D eigenvalue weighted by molar-refractivity contribution is 7.85. The molecule has 28 heavy (non-hydrogen) atoms. The van der Waals surface area contributed by atoms with Gasteiger partial charge in [-0.3, -0.25) is 4.55 Å². The Morgan fingerprint density at radius 1 is 1.00 bits per heavy atom. The molecule has 146 valence electrons. The molecule has 5 nitrogen and oxygen atoms in total. The summed E-state index contributed by atoms with van der Waals surface area (Å²) >= 11 is 0. The predicted molar refractivity (Wildman–Crippen MR) is 115 cm³/mol. The van der Waals surface area contributed by atoms with Gasteiger partial charge >= 0.3 is 0 Å². The van der Waals surface area contributed by atoms with Gasteiger partial charge in [-0.1, -0.05) is 36.4 Å². The lowest BCUT2D eigenvalue weighted by Crippen LogP contribution is -2.35. The average molecular weight is 398 g/mol. The van der Waals surface area contributed by atoms with Crippen molar-refractivity contribution < 1.29 is 17.5 Å². The average Bonchev–Trinajstić information content (AvgIpc) is 2.66. The number of nitrogens with zero attached hydrogens (tertiary/aromatic N) is 2. The topological polar surface area (TPSA) is 61.5 Å². The van der Waals surface area contributed by atoms with Gasteiger partial charge in [0.15, 0.2) is 6.20 Å². The fraction of sp³-hybridized carbons (Fsp3) is 0.227. The second kappa shape index (κ2) is 8.54. The zero-order chi connectivity index (χ0) is 20.1. The smallest absolute Gasteiger partial charge is 0.265 e. The number of hydrogen-bond donors (Lipinski definition) is 1. The molecule has 0 bridgehead atoms. The maximum absolute atomic E-state index is 11.0. The van der Waals surface area contributed by atoms with E-state index in [1.165, 1.54) is 0 Å². The fourth-order valence-electron chi connectivity index (χ4n) is 3.14. The zero-order valence-electron chi connectivity index (χ0n) is 16.1. The maximum Gasteiger partial charge on any atom is 0.265 e. The number of aryl methyl sites for hydroxylation is 1. The molecule has 3 aromatic rings. The molecule has 1 aromatic heterocycles. The number of para-hydroxylation sites is 1. The lowest BCUT2D eigenvalue weighted by Gasteiger charge is -2.11. The summed E-state index contributed by atoms with van der Waals surface area (Å²) in [4.78, 5) is 2.07. The van der Waals surface area contributed by atoms with E-state index >= 15 is 0 Å². The van der Waals surface area contributed by atoms with Crippen LogP contribution in [0, 0.1) is 0 Å². The Morgan fingerprint density at radius 2 is 1.71 bits per heavy atom. The van der Waals surface area contributed by atoms with Gasteiger partial charge in [0.05, 0.1) is 11.1 Å². The minimum absolute atomic E-state index is 0.237. The molecule has 0 fully saturated rings. The number of hydrogen-bond acceptors (Lipinski definition) is 3. The number of anilines is 1. The highest BCUT2D eigenvalue weighted by atomic mass is 32.2. The highest BCUT2D eigenvalue weighted by Gasteiger charge is 2.13. The van der Waals surface area contributed by atoms with Crippen LogP contribution < -0.4 is 9.47 Å². The van der Waals surface area contributed by atoms with Gasteiger partial charge in [-0.05, 0) is 29.3 Å². The van der Waals surface area contributed by atoms with Crippen LogP contribution in [-0.4, -0.2) is 32.8 Å². The monoisotopic (exact) mass is 397 g/mol. The molecular weight excluding hydrogens is 372 g/mol. The molecule has 0 spiro atoms. The molecule has 0 aliphatic rings. The first-order valence-electron chi connectivity index (χ1n) is 9.15. The SMILES string of the molecule is CN(C)c1ccc(/C=C/c2cc[n+](CCCS(=O)(=O)O)c3ccccc23)cc1. The zero-order valence-corrected chi connectivity index (χ0v) is 16.9. The summed E-state index contributed by atoms with van der Waals surface area (Å²) in [5, 5.41) is 1.10. The van der Waals surface area contributed by atoms with Crippen molar-refractivity contribution in [2.24, 2.45) is 0 Å². The van der Waals surface area contributed by atoms with Crippen LogP contribution in [0.15, 0.2) is 60.8 Å². The van der Waals surface area contributed by atoms with E-state index in [-0.39, 0.29) is 5.75 Å². The summed E-state index contributed by atoms with van der Waals surface area (Å²) < 4.78 is 32.9. The number of fused-ring (bicyclic) bond motifs is 1. The van der Waals surface area contributed by atoms with E-state index in [1.54, 1.807) is 0 Å². The lowest BCUT2D eigenvalue weighted by atomic mass is 10.1. The molecule has 2 aromatic carbocycles. The Bertz CT molecular complexity index is 1090. The van der Waals surface area contributed by atoms with Crippen molar-refractivity contribution in [3.8, 4) is 0 Å². The lowest BCUT2D eigenvalue weighted by molar-refractivity contribution is -0.671. The van der Waals surface area contributed by atoms with E-state index < -0.39 is 10.1 Å². The van der Waals surface area contributed by atoms with E-state index in [9.17, 15) is 8.42 Å². The molecule has 0 unspecified atom stereocenters. The summed E-state index contributed by atoms with van der Waals surface area (Å²) in [5.41, 5.74) is 4.41.